The van der Waals surface area contributed by atoms with Crippen LogP contribution in [0.2, 0.25) is 0 Å². The first-order valence-electron chi connectivity index (χ1n) is 6.01. The van der Waals surface area contributed by atoms with E-state index in [0.29, 0.717) is 12.8 Å². The van der Waals surface area contributed by atoms with E-state index in [0.717, 1.165) is 0 Å². The normalized spacial score (nSPS) is 25.1. The molecule has 0 bridgehead atoms. The molecule has 0 unspecified atom stereocenters. The van der Waals surface area contributed by atoms with Gasteiger partial charge in [0.25, 0.3) is 0 Å². The Hall–Kier alpha value is -0.870. The van der Waals surface area contributed by atoms with Gasteiger partial charge >= 0.3 is 5.97 Å². The highest BCUT2D eigenvalue weighted by Crippen LogP contribution is 2.37. The maximum atomic E-state index is 11.4. The third-order valence-corrected chi connectivity index (χ3v) is 3.19. The summed E-state index contributed by atoms with van der Waals surface area (Å²) in [7, 11) is 0. The molecule has 4 nitrogen and oxygen atoms in total. The van der Waals surface area contributed by atoms with Crippen LogP contribution in [0.25, 0.3) is 0 Å². The van der Waals surface area contributed by atoms with Crippen LogP contribution in [-0.2, 0) is 9.53 Å². The van der Waals surface area contributed by atoms with E-state index < -0.39 is 0 Å². The van der Waals surface area contributed by atoms with Gasteiger partial charge in [0.05, 0.1) is 0 Å². The fourth-order valence-electron chi connectivity index (χ4n) is 2.60. The fraction of sp³-hybridized carbons (Fsp3) is 0.769. The van der Waals surface area contributed by atoms with E-state index in [2.05, 4.69) is 0 Å². The number of carbonyl (C=O) groups excluding carboxylic acids is 1. The minimum Gasteiger partial charge on any atom is -0.459 e. The van der Waals surface area contributed by atoms with Crippen molar-refractivity contribution >= 4 is 5.97 Å². The average Bonchev–Trinajstić information content (AvgIpc) is 2.13. The zero-order chi connectivity index (χ0) is 13.3. The van der Waals surface area contributed by atoms with Crippen molar-refractivity contribution < 1.29 is 14.7 Å². The van der Waals surface area contributed by atoms with Crippen molar-refractivity contribution in [2.45, 2.75) is 64.6 Å². The third-order valence-electron chi connectivity index (χ3n) is 3.19. The van der Waals surface area contributed by atoms with Gasteiger partial charge in [0, 0.05) is 30.0 Å². The Morgan fingerprint density at radius 1 is 1.29 bits per heavy atom. The van der Waals surface area contributed by atoms with Crippen LogP contribution >= 0.6 is 0 Å². The minimum atomic E-state index is -0.386. The Balaban J connectivity index is 2.75. The topological polar surface area (TPSA) is 49.8 Å². The van der Waals surface area contributed by atoms with Crippen LogP contribution in [0, 0.1) is 0 Å². The van der Waals surface area contributed by atoms with Gasteiger partial charge < -0.3 is 9.94 Å². The van der Waals surface area contributed by atoms with Crippen LogP contribution in [0.1, 0.15) is 47.5 Å². The van der Waals surface area contributed by atoms with E-state index in [4.69, 9.17) is 4.74 Å². The van der Waals surface area contributed by atoms with Crippen LogP contribution in [0.5, 0.6) is 0 Å². The quantitative estimate of drug-likeness (QED) is 0.596. The van der Waals surface area contributed by atoms with Crippen LogP contribution in [0.4, 0.5) is 0 Å². The van der Waals surface area contributed by atoms with Gasteiger partial charge in [-0.25, -0.2) is 4.79 Å². The van der Waals surface area contributed by atoms with E-state index in [1.54, 1.807) is 13.0 Å². The molecule has 1 heterocycles. The van der Waals surface area contributed by atoms with Gasteiger partial charge in [-0.1, -0.05) is 6.08 Å². The molecule has 1 N–H and O–H groups in total. The molecule has 1 fully saturated rings. The molecule has 0 atom stereocenters. The van der Waals surface area contributed by atoms with Crippen LogP contribution in [-0.4, -0.2) is 33.4 Å². The zero-order valence-corrected chi connectivity index (χ0v) is 11.4. The van der Waals surface area contributed by atoms with E-state index in [9.17, 15) is 10.0 Å². The number of ether oxygens (including phenoxy) is 1. The van der Waals surface area contributed by atoms with Crippen molar-refractivity contribution in [2.24, 2.45) is 0 Å². The second kappa shape index (κ2) is 4.78. The number of hydrogen-bond donors (Lipinski definition) is 1. The first-order valence-corrected chi connectivity index (χ1v) is 6.01. The fourth-order valence-corrected chi connectivity index (χ4v) is 2.60. The lowest BCUT2D eigenvalue weighted by Gasteiger charge is -2.50. The first-order chi connectivity index (χ1) is 7.69. The van der Waals surface area contributed by atoms with Crippen LogP contribution in [0.3, 0.4) is 0 Å². The molecule has 0 radical (unpaired) electrons. The van der Waals surface area contributed by atoms with Crippen molar-refractivity contribution in [1.29, 1.82) is 0 Å². The van der Waals surface area contributed by atoms with E-state index in [1.807, 2.05) is 27.7 Å². The van der Waals surface area contributed by atoms with Crippen molar-refractivity contribution in [3.63, 3.8) is 0 Å². The highest BCUT2D eigenvalue weighted by atomic mass is 16.5. The molecule has 0 aromatic rings. The van der Waals surface area contributed by atoms with Crippen molar-refractivity contribution in [3.8, 4) is 0 Å². The lowest BCUT2D eigenvalue weighted by atomic mass is 9.80. The largest absolute Gasteiger partial charge is 0.459 e. The van der Waals surface area contributed by atoms with Gasteiger partial charge in [-0.15, -0.1) is 0 Å². The number of rotatable bonds is 2. The van der Waals surface area contributed by atoms with Gasteiger partial charge in [0.2, 0.25) is 0 Å². The molecule has 0 aromatic carbocycles. The lowest BCUT2D eigenvalue weighted by Crippen LogP contribution is -2.60. The SMILES string of the molecule is C/C=C/C(=O)OC1CC(C)(C)N(O)C(C)(C)C1. The Labute approximate surface area is 103 Å². The maximum Gasteiger partial charge on any atom is 0.330 e. The Kier molecular flexibility index (Phi) is 3.99. The number of allylic oxidation sites excluding steroid dienone is 1. The molecule has 17 heavy (non-hydrogen) atoms. The molecule has 1 rings (SSSR count). The highest BCUT2D eigenvalue weighted by molar-refractivity contribution is 5.81. The molecule has 0 amide bonds. The molecule has 4 heteroatoms. The predicted molar refractivity (Wildman–Crippen MR) is 65.7 cm³/mol. The second-order valence-electron chi connectivity index (χ2n) is 5.90. The van der Waals surface area contributed by atoms with E-state index >= 15 is 0 Å². The Morgan fingerprint density at radius 3 is 2.18 bits per heavy atom. The van der Waals surface area contributed by atoms with Crippen molar-refractivity contribution in [2.75, 3.05) is 0 Å². The Morgan fingerprint density at radius 2 is 1.76 bits per heavy atom. The molecule has 0 aromatic heterocycles. The number of hydroxylamine groups is 2. The van der Waals surface area contributed by atoms with Crippen LogP contribution < -0.4 is 0 Å². The summed E-state index contributed by atoms with van der Waals surface area (Å²) < 4.78 is 5.39. The first kappa shape index (κ1) is 14.2. The summed E-state index contributed by atoms with van der Waals surface area (Å²) >= 11 is 0. The monoisotopic (exact) mass is 241 g/mol. The van der Waals surface area contributed by atoms with Gasteiger partial charge in [-0.05, 0) is 34.6 Å². The van der Waals surface area contributed by atoms with E-state index in [-0.39, 0.29) is 23.2 Å². The summed E-state index contributed by atoms with van der Waals surface area (Å²) in [5.74, 6) is -0.310. The van der Waals surface area contributed by atoms with Crippen molar-refractivity contribution in [1.82, 2.24) is 5.06 Å². The third kappa shape index (κ3) is 3.30. The summed E-state index contributed by atoms with van der Waals surface area (Å²) in [5.41, 5.74) is -0.773. The highest BCUT2D eigenvalue weighted by Gasteiger charge is 2.46. The van der Waals surface area contributed by atoms with Gasteiger partial charge in [0.1, 0.15) is 6.10 Å². The number of carbonyl (C=O) groups is 1. The van der Waals surface area contributed by atoms with Gasteiger partial charge in [-0.2, -0.15) is 5.06 Å². The zero-order valence-electron chi connectivity index (χ0n) is 11.4. The minimum absolute atomic E-state index is 0.146. The van der Waals surface area contributed by atoms with Crippen LogP contribution in [0.15, 0.2) is 12.2 Å². The molecule has 1 saturated heterocycles. The molecular weight excluding hydrogens is 218 g/mol. The Bertz CT molecular complexity index is 303. The summed E-state index contributed by atoms with van der Waals surface area (Å²) in [6.45, 7) is 9.58. The summed E-state index contributed by atoms with van der Waals surface area (Å²) in [6.07, 6.45) is 4.21. The molecular formula is C13H23NO3. The molecule has 0 spiro atoms. The smallest absolute Gasteiger partial charge is 0.330 e. The maximum absolute atomic E-state index is 11.4. The average molecular weight is 241 g/mol. The number of nitrogens with zero attached hydrogens (tertiary/aromatic N) is 1. The number of esters is 1. The summed E-state index contributed by atoms with van der Waals surface area (Å²) in [5, 5.41) is 11.5. The van der Waals surface area contributed by atoms with Crippen molar-refractivity contribution in [3.05, 3.63) is 12.2 Å². The second-order valence-corrected chi connectivity index (χ2v) is 5.90. The predicted octanol–water partition coefficient (Wildman–Crippen LogP) is 2.52. The summed E-state index contributed by atoms with van der Waals surface area (Å²) in [4.78, 5) is 11.4. The number of hydrogen-bond acceptors (Lipinski definition) is 4. The van der Waals surface area contributed by atoms with Gasteiger partial charge in [0.15, 0.2) is 0 Å². The lowest BCUT2D eigenvalue weighted by molar-refractivity contribution is -0.259. The summed E-state index contributed by atoms with van der Waals surface area (Å²) in [6, 6.07) is 0. The standard InChI is InChI=1S/C13H23NO3/c1-6-7-11(15)17-10-8-12(2,3)14(16)13(4,5)9-10/h6-7,10,16H,8-9H2,1-5H3/b7-6+. The molecule has 0 aliphatic carbocycles. The number of piperidine rings is 1. The molecule has 98 valence electrons. The molecule has 1 aliphatic rings. The molecule has 0 saturated carbocycles. The van der Waals surface area contributed by atoms with E-state index in [1.165, 1.54) is 11.1 Å². The van der Waals surface area contributed by atoms with Gasteiger partial charge in [-0.3, -0.25) is 0 Å². The molecule has 1 aliphatic heterocycles.